The standard InChI is InChI=1S/C16H21N3O2/c1-12-11-21-13(2)10-19(12)8-7-16(20)18-15-5-3-14(9-17)4-6-15/h3-6,12-13H,7-8,10-11H2,1-2H3,(H,18,20). The topological polar surface area (TPSA) is 65.4 Å². The monoisotopic (exact) mass is 287 g/mol. The summed E-state index contributed by atoms with van der Waals surface area (Å²) in [5.74, 6) is -0.00828. The maximum absolute atomic E-state index is 12.0. The predicted molar refractivity (Wildman–Crippen MR) is 80.9 cm³/mol. The highest BCUT2D eigenvalue weighted by Crippen LogP contribution is 2.13. The number of morpholine rings is 1. The van der Waals surface area contributed by atoms with Gasteiger partial charge >= 0.3 is 0 Å². The van der Waals surface area contributed by atoms with Crippen LogP contribution in [0.2, 0.25) is 0 Å². The van der Waals surface area contributed by atoms with Crippen LogP contribution in [0.25, 0.3) is 0 Å². The highest BCUT2D eigenvalue weighted by molar-refractivity contribution is 5.90. The van der Waals surface area contributed by atoms with Crippen LogP contribution in [0.3, 0.4) is 0 Å². The molecular weight excluding hydrogens is 266 g/mol. The highest BCUT2D eigenvalue weighted by Gasteiger charge is 2.23. The summed E-state index contributed by atoms with van der Waals surface area (Å²) in [7, 11) is 0. The first-order valence-electron chi connectivity index (χ1n) is 7.24. The van der Waals surface area contributed by atoms with Crippen LogP contribution in [-0.4, -0.2) is 42.6 Å². The Labute approximate surface area is 125 Å². The number of hydrogen-bond donors (Lipinski definition) is 1. The van der Waals surface area contributed by atoms with E-state index in [1.807, 2.05) is 0 Å². The second-order valence-electron chi connectivity index (χ2n) is 5.48. The Morgan fingerprint density at radius 2 is 2.14 bits per heavy atom. The van der Waals surface area contributed by atoms with E-state index in [0.717, 1.165) is 25.4 Å². The van der Waals surface area contributed by atoms with Crippen molar-refractivity contribution >= 4 is 11.6 Å². The molecule has 21 heavy (non-hydrogen) atoms. The van der Waals surface area contributed by atoms with Crippen molar-refractivity contribution in [3.05, 3.63) is 29.8 Å². The molecular formula is C16H21N3O2. The van der Waals surface area contributed by atoms with Gasteiger partial charge in [-0.15, -0.1) is 0 Å². The van der Waals surface area contributed by atoms with Gasteiger partial charge in [0.25, 0.3) is 0 Å². The van der Waals surface area contributed by atoms with Crippen LogP contribution >= 0.6 is 0 Å². The molecule has 1 fully saturated rings. The van der Waals surface area contributed by atoms with Crippen molar-refractivity contribution in [1.29, 1.82) is 5.26 Å². The van der Waals surface area contributed by atoms with Crippen molar-refractivity contribution in [2.75, 3.05) is 25.0 Å². The van der Waals surface area contributed by atoms with Gasteiger partial charge in [-0.3, -0.25) is 9.69 Å². The molecule has 1 aromatic carbocycles. The fourth-order valence-electron chi connectivity index (χ4n) is 2.38. The first-order chi connectivity index (χ1) is 10.1. The minimum Gasteiger partial charge on any atom is -0.376 e. The molecule has 2 atom stereocenters. The molecule has 0 aromatic heterocycles. The van der Waals surface area contributed by atoms with E-state index in [0.29, 0.717) is 18.0 Å². The van der Waals surface area contributed by atoms with E-state index < -0.39 is 0 Å². The molecule has 0 spiro atoms. The second-order valence-corrected chi connectivity index (χ2v) is 5.48. The van der Waals surface area contributed by atoms with Crippen molar-refractivity contribution in [3.8, 4) is 6.07 Å². The van der Waals surface area contributed by atoms with Crippen molar-refractivity contribution in [3.63, 3.8) is 0 Å². The molecule has 0 radical (unpaired) electrons. The number of ether oxygens (including phenoxy) is 1. The highest BCUT2D eigenvalue weighted by atomic mass is 16.5. The molecule has 5 nitrogen and oxygen atoms in total. The molecule has 1 aromatic rings. The Kier molecular flexibility index (Phi) is 5.32. The van der Waals surface area contributed by atoms with Gasteiger partial charge in [-0.2, -0.15) is 5.26 Å². The van der Waals surface area contributed by atoms with Crippen LogP contribution in [0.5, 0.6) is 0 Å². The van der Waals surface area contributed by atoms with E-state index >= 15 is 0 Å². The number of rotatable bonds is 4. The molecule has 1 heterocycles. The zero-order valence-electron chi connectivity index (χ0n) is 12.5. The number of nitriles is 1. The van der Waals surface area contributed by atoms with Gasteiger partial charge in [0.15, 0.2) is 0 Å². The lowest BCUT2D eigenvalue weighted by Crippen LogP contribution is -2.48. The van der Waals surface area contributed by atoms with Crippen LogP contribution in [-0.2, 0) is 9.53 Å². The summed E-state index contributed by atoms with van der Waals surface area (Å²) >= 11 is 0. The average Bonchev–Trinajstić information content (AvgIpc) is 2.49. The van der Waals surface area contributed by atoms with E-state index in [4.69, 9.17) is 10.00 Å². The van der Waals surface area contributed by atoms with Crippen molar-refractivity contribution in [2.24, 2.45) is 0 Å². The summed E-state index contributed by atoms with van der Waals surface area (Å²) in [6.07, 6.45) is 0.680. The minimum atomic E-state index is -0.00828. The van der Waals surface area contributed by atoms with Gasteiger partial charge in [-0.25, -0.2) is 0 Å². The Balaban J connectivity index is 1.80. The molecule has 2 unspecified atom stereocenters. The van der Waals surface area contributed by atoms with E-state index in [2.05, 4.69) is 30.1 Å². The Morgan fingerprint density at radius 3 is 2.81 bits per heavy atom. The SMILES string of the molecule is CC1CN(CCC(=O)Nc2ccc(C#N)cc2)C(C)CO1. The van der Waals surface area contributed by atoms with E-state index in [1.54, 1.807) is 24.3 Å². The summed E-state index contributed by atoms with van der Waals surface area (Å²) in [6.45, 7) is 6.49. The summed E-state index contributed by atoms with van der Waals surface area (Å²) in [6, 6.07) is 9.29. The zero-order chi connectivity index (χ0) is 15.2. The molecule has 2 rings (SSSR count). The summed E-state index contributed by atoms with van der Waals surface area (Å²) < 4.78 is 5.58. The van der Waals surface area contributed by atoms with Crippen LogP contribution < -0.4 is 5.32 Å². The Morgan fingerprint density at radius 1 is 1.43 bits per heavy atom. The van der Waals surface area contributed by atoms with Gasteiger partial charge < -0.3 is 10.1 Å². The number of carbonyl (C=O) groups excluding carboxylic acids is 1. The molecule has 0 bridgehead atoms. The molecule has 5 heteroatoms. The number of benzene rings is 1. The van der Waals surface area contributed by atoms with Crippen molar-refractivity contribution < 1.29 is 9.53 Å². The summed E-state index contributed by atoms with van der Waals surface area (Å²) in [4.78, 5) is 14.2. The molecule has 1 aliphatic rings. The third kappa shape index (κ3) is 4.55. The van der Waals surface area contributed by atoms with Crippen LogP contribution in [0.15, 0.2) is 24.3 Å². The molecule has 1 N–H and O–H groups in total. The molecule has 0 saturated carbocycles. The quantitative estimate of drug-likeness (QED) is 0.920. The zero-order valence-corrected chi connectivity index (χ0v) is 12.5. The molecule has 1 amide bonds. The lowest BCUT2D eigenvalue weighted by molar-refractivity contribution is -0.117. The van der Waals surface area contributed by atoms with Gasteiger partial charge in [-0.05, 0) is 38.1 Å². The number of nitrogens with zero attached hydrogens (tertiary/aromatic N) is 2. The van der Waals surface area contributed by atoms with Gasteiger partial charge in [0.05, 0.1) is 24.3 Å². The van der Waals surface area contributed by atoms with E-state index in [9.17, 15) is 4.79 Å². The summed E-state index contributed by atoms with van der Waals surface area (Å²) in [5.41, 5.74) is 1.31. The predicted octanol–water partition coefficient (Wildman–Crippen LogP) is 2.00. The van der Waals surface area contributed by atoms with Crippen LogP contribution in [0.1, 0.15) is 25.8 Å². The number of carbonyl (C=O) groups is 1. The number of anilines is 1. The molecule has 1 saturated heterocycles. The maximum Gasteiger partial charge on any atom is 0.225 e. The average molecular weight is 287 g/mol. The normalized spacial score (nSPS) is 22.5. The number of nitrogens with one attached hydrogen (secondary N) is 1. The lowest BCUT2D eigenvalue weighted by Gasteiger charge is -2.36. The third-order valence-corrected chi connectivity index (χ3v) is 3.66. The van der Waals surface area contributed by atoms with Gasteiger partial charge in [0, 0.05) is 31.2 Å². The Bertz CT molecular complexity index is 521. The number of hydrogen-bond acceptors (Lipinski definition) is 4. The molecule has 1 aliphatic heterocycles. The second kappa shape index (κ2) is 7.21. The fraction of sp³-hybridized carbons (Fsp3) is 0.500. The maximum atomic E-state index is 12.0. The number of amides is 1. The smallest absolute Gasteiger partial charge is 0.225 e. The first-order valence-corrected chi connectivity index (χ1v) is 7.24. The van der Waals surface area contributed by atoms with E-state index in [1.165, 1.54) is 0 Å². The first kappa shape index (κ1) is 15.5. The van der Waals surface area contributed by atoms with Crippen molar-refractivity contribution in [1.82, 2.24) is 4.90 Å². The minimum absolute atomic E-state index is 0.00828. The van der Waals surface area contributed by atoms with Crippen LogP contribution in [0.4, 0.5) is 5.69 Å². The lowest BCUT2D eigenvalue weighted by atomic mass is 10.2. The largest absolute Gasteiger partial charge is 0.376 e. The molecule has 0 aliphatic carbocycles. The molecule has 112 valence electrons. The third-order valence-electron chi connectivity index (χ3n) is 3.66. The van der Waals surface area contributed by atoms with Gasteiger partial charge in [0.1, 0.15) is 0 Å². The Hall–Kier alpha value is -1.90. The van der Waals surface area contributed by atoms with Gasteiger partial charge in [-0.1, -0.05) is 0 Å². The summed E-state index contributed by atoms with van der Waals surface area (Å²) in [5, 5.41) is 11.6. The van der Waals surface area contributed by atoms with Gasteiger partial charge in [0.2, 0.25) is 5.91 Å². The van der Waals surface area contributed by atoms with Crippen molar-refractivity contribution in [2.45, 2.75) is 32.4 Å². The fourth-order valence-corrected chi connectivity index (χ4v) is 2.38. The van der Waals surface area contributed by atoms with Crippen LogP contribution in [0, 0.1) is 11.3 Å². The van der Waals surface area contributed by atoms with E-state index in [-0.39, 0.29) is 12.0 Å².